The minimum Gasteiger partial charge on any atom is -0.378 e. The topological polar surface area (TPSA) is 39.1 Å². The van der Waals surface area contributed by atoms with Crippen molar-refractivity contribution >= 4 is 6.08 Å². The third-order valence-electron chi connectivity index (χ3n) is 2.51. The molecule has 1 aromatic heterocycles. The molecule has 4 heteroatoms. The average molecular weight is 207 g/mol. The number of aromatic nitrogens is 2. The van der Waals surface area contributed by atoms with Crippen LogP contribution >= 0.6 is 0 Å². The van der Waals surface area contributed by atoms with E-state index in [0.717, 1.165) is 25.5 Å². The summed E-state index contributed by atoms with van der Waals surface area (Å²) in [4.78, 5) is 0. The number of rotatable bonds is 2. The minimum atomic E-state index is 0.332. The fourth-order valence-corrected chi connectivity index (χ4v) is 1.71. The van der Waals surface area contributed by atoms with E-state index in [1.807, 2.05) is 24.9 Å². The van der Waals surface area contributed by atoms with E-state index in [9.17, 15) is 0 Å². The third-order valence-corrected chi connectivity index (χ3v) is 2.51. The van der Waals surface area contributed by atoms with Gasteiger partial charge in [-0.2, -0.15) is 5.10 Å². The number of nitrogens with zero attached hydrogens (tertiary/aromatic N) is 2. The highest BCUT2D eigenvalue weighted by molar-refractivity contribution is 5.51. The monoisotopic (exact) mass is 207 g/mol. The molecule has 1 aliphatic heterocycles. The maximum absolute atomic E-state index is 5.37. The van der Waals surface area contributed by atoms with Crippen molar-refractivity contribution in [3.05, 3.63) is 23.5 Å². The van der Waals surface area contributed by atoms with E-state index < -0.39 is 0 Å². The molecule has 0 radical (unpaired) electrons. The number of morpholine rings is 1. The van der Waals surface area contributed by atoms with Crippen molar-refractivity contribution < 1.29 is 4.74 Å². The van der Waals surface area contributed by atoms with Crippen LogP contribution in [0.3, 0.4) is 0 Å². The lowest BCUT2D eigenvalue weighted by Gasteiger charge is -2.20. The fourth-order valence-electron chi connectivity index (χ4n) is 1.71. The van der Waals surface area contributed by atoms with Gasteiger partial charge in [-0.3, -0.25) is 4.68 Å². The number of ether oxygens (including phenoxy) is 1. The Labute approximate surface area is 89.9 Å². The summed E-state index contributed by atoms with van der Waals surface area (Å²) in [5, 5.41) is 7.67. The van der Waals surface area contributed by atoms with Gasteiger partial charge in [0.05, 0.1) is 18.9 Å². The zero-order valence-corrected chi connectivity index (χ0v) is 9.23. The molecule has 4 nitrogen and oxygen atoms in total. The molecular formula is C11H17N3O. The van der Waals surface area contributed by atoms with E-state index in [2.05, 4.69) is 22.6 Å². The third kappa shape index (κ3) is 2.67. The van der Waals surface area contributed by atoms with E-state index in [-0.39, 0.29) is 0 Å². The second-order valence-electron chi connectivity index (χ2n) is 3.84. The number of nitrogens with one attached hydrogen (secondary N) is 1. The van der Waals surface area contributed by atoms with Crippen molar-refractivity contribution in [2.75, 3.05) is 19.8 Å². The van der Waals surface area contributed by atoms with Gasteiger partial charge in [-0.05, 0) is 6.92 Å². The second-order valence-corrected chi connectivity index (χ2v) is 3.84. The summed E-state index contributed by atoms with van der Waals surface area (Å²) in [5.41, 5.74) is 2.23. The van der Waals surface area contributed by atoms with Crippen molar-refractivity contribution in [3.63, 3.8) is 0 Å². The molecule has 1 atom stereocenters. The predicted octanol–water partition coefficient (Wildman–Crippen LogP) is 0.730. The van der Waals surface area contributed by atoms with Gasteiger partial charge in [-0.1, -0.05) is 12.2 Å². The van der Waals surface area contributed by atoms with Crippen LogP contribution < -0.4 is 5.32 Å². The Morgan fingerprint density at radius 3 is 3.13 bits per heavy atom. The summed E-state index contributed by atoms with van der Waals surface area (Å²) in [6.45, 7) is 4.53. The predicted molar refractivity (Wildman–Crippen MR) is 59.6 cm³/mol. The van der Waals surface area contributed by atoms with Crippen molar-refractivity contribution in [2.45, 2.75) is 13.0 Å². The number of hydrogen-bond donors (Lipinski definition) is 1. The Kier molecular flexibility index (Phi) is 3.18. The van der Waals surface area contributed by atoms with Crippen LogP contribution in [0.1, 0.15) is 11.3 Å². The molecule has 0 amide bonds. The molecular weight excluding hydrogens is 190 g/mol. The molecule has 0 saturated carbocycles. The van der Waals surface area contributed by atoms with Gasteiger partial charge < -0.3 is 10.1 Å². The summed E-state index contributed by atoms with van der Waals surface area (Å²) >= 11 is 0. The van der Waals surface area contributed by atoms with Gasteiger partial charge >= 0.3 is 0 Å². The van der Waals surface area contributed by atoms with E-state index in [4.69, 9.17) is 4.74 Å². The first-order valence-corrected chi connectivity index (χ1v) is 5.25. The molecule has 1 N–H and O–H groups in total. The zero-order valence-electron chi connectivity index (χ0n) is 9.23. The molecule has 0 spiro atoms. The van der Waals surface area contributed by atoms with Gasteiger partial charge in [-0.25, -0.2) is 0 Å². The summed E-state index contributed by atoms with van der Waals surface area (Å²) in [6, 6.07) is 0.332. The van der Waals surface area contributed by atoms with E-state index in [1.165, 1.54) is 5.56 Å². The maximum Gasteiger partial charge on any atom is 0.0665 e. The van der Waals surface area contributed by atoms with Gasteiger partial charge in [-0.15, -0.1) is 0 Å². The van der Waals surface area contributed by atoms with Crippen LogP contribution in [0.4, 0.5) is 0 Å². The van der Waals surface area contributed by atoms with Crippen molar-refractivity contribution in [3.8, 4) is 0 Å². The van der Waals surface area contributed by atoms with Gasteiger partial charge in [0.15, 0.2) is 0 Å². The highest BCUT2D eigenvalue weighted by Gasteiger charge is 2.09. The summed E-state index contributed by atoms with van der Waals surface area (Å²) in [7, 11) is 1.94. The molecule has 1 aliphatic rings. The molecule has 2 heterocycles. The van der Waals surface area contributed by atoms with Crippen molar-refractivity contribution in [1.29, 1.82) is 0 Å². The lowest BCUT2D eigenvalue weighted by molar-refractivity contribution is 0.0903. The fraction of sp³-hybridized carbons (Fsp3) is 0.545. The lowest BCUT2D eigenvalue weighted by atomic mass is 10.2. The normalized spacial score (nSPS) is 22.4. The standard InChI is InChI=1S/C11H17N3O/c1-9-10(7-14(2)13-9)3-4-11-8-15-6-5-12-11/h3-4,7,11-12H,5-6,8H2,1-2H3/b4-3+. The average Bonchev–Trinajstić information content (AvgIpc) is 2.56. The molecule has 2 rings (SSSR count). The van der Waals surface area contributed by atoms with Crippen molar-refractivity contribution in [2.24, 2.45) is 7.05 Å². The smallest absolute Gasteiger partial charge is 0.0665 e. The SMILES string of the molecule is Cc1nn(C)cc1/C=C/C1COCCN1. The molecule has 15 heavy (non-hydrogen) atoms. The Morgan fingerprint density at radius 1 is 1.67 bits per heavy atom. The largest absolute Gasteiger partial charge is 0.378 e. The first-order valence-electron chi connectivity index (χ1n) is 5.25. The second kappa shape index (κ2) is 4.59. The Hall–Kier alpha value is -1.13. The lowest BCUT2D eigenvalue weighted by Crippen LogP contribution is -2.39. The van der Waals surface area contributed by atoms with E-state index in [1.54, 1.807) is 0 Å². The molecule has 1 aromatic rings. The molecule has 0 aliphatic carbocycles. The molecule has 1 fully saturated rings. The van der Waals surface area contributed by atoms with Crippen LogP contribution in [0.25, 0.3) is 6.08 Å². The Bertz CT molecular complexity index is 351. The highest BCUT2D eigenvalue weighted by atomic mass is 16.5. The van der Waals surface area contributed by atoms with Gasteiger partial charge in [0, 0.05) is 31.4 Å². The van der Waals surface area contributed by atoms with Gasteiger partial charge in [0.25, 0.3) is 0 Å². The van der Waals surface area contributed by atoms with Gasteiger partial charge in [0.1, 0.15) is 0 Å². The summed E-state index contributed by atoms with van der Waals surface area (Å²) in [5.74, 6) is 0. The quantitative estimate of drug-likeness (QED) is 0.777. The van der Waals surface area contributed by atoms with Crippen LogP contribution in [-0.4, -0.2) is 35.6 Å². The molecule has 82 valence electrons. The van der Waals surface area contributed by atoms with Crippen LogP contribution in [0.15, 0.2) is 12.3 Å². The highest BCUT2D eigenvalue weighted by Crippen LogP contribution is 2.08. The maximum atomic E-state index is 5.37. The van der Waals surface area contributed by atoms with Crippen LogP contribution in [0.5, 0.6) is 0 Å². The first-order chi connectivity index (χ1) is 7.25. The van der Waals surface area contributed by atoms with E-state index >= 15 is 0 Å². The molecule has 0 bridgehead atoms. The Balaban J connectivity index is 2.00. The number of aryl methyl sites for hydroxylation is 2. The van der Waals surface area contributed by atoms with Crippen LogP contribution in [0, 0.1) is 6.92 Å². The molecule has 1 saturated heterocycles. The van der Waals surface area contributed by atoms with Gasteiger partial charge in [0.2, 0.25) is 0 Å². The van der Waals surface area contributed by atoms with Crippen LogP contribution in [-0.2, 0) is 11.8 Å². The summed E-state index contributed by atoms with van der Waals surface area (Å²) < 4.78 is 7.20. The van der Waals surface area contributed by atoms with E-state index in [0.29, 0.717) is 6.04 Å². The number of hydrogen-bond acceptors (Lipinski definition) is 3. The summed E-state index contributed by atoms with van der Waals surface area (Å²) in [6.07, 6.45) is 6.27. The molecule has 1 unspecified atom stereocenters. The van der Waals surface area contributed by atoms with Crippen molar-refractivity contribution in [1.82, 2.24) is 15.1 Å². The molecule has 0 aromatic carbocycles. The first kappa shape index (κ1) is 10.4. The Morgan fingerprint density at radius 2 is 2.53 bits per heavy atom. The van der Waals surface area contributed by atoms with Crippen LogP contribution in [0.2, 0.25) is 0 Å². The zero-order chi connectivity index (χ0) is 10.7. The minimum absolute atomic E-state index is 0.332.